The largest absolute Gasteiger partial charge is 0.381 e. The summed E-state index contributed by atoms with van der Waals surface area (Å²) in [6.07, 6.45) is 2.89. The quantitative estimate of drug-likeness (QED) is 0.833. The van der Waals surface area contributed by atoms with Gasteiger partial charge in [-0.05, 0) is 31.3 Å². The predicted molar refractivity (Wildman–Crippen MR) is 80.4 cm³/mol. The molecule has 1 heterocycles. The fourth-order valence-electron chi connectivity index (χ4n) is 3.70. The number of ether oxygens (including phenoxy) is 1. The van der Waals surface area contributed by atoms with Crippen molar-refractivity contribution in [3.8, 4) is 0 Å². The third-order valence-electron chi connectivity index (χ3n) is 5.33. The van der Waals surface area contributed by atoms with Crippen molar-refractivity contribution in [2.75, 3.05) is 26.7 Å². The van der Waals surface area contributed by atoms with Gasteiger partial charge in [-0.15, -0.1) is 0 Å². The van der Waals surface area contributed by atoms with Gasteiger partial charge in [-0.3, -0.25) is 4.90 Å². The van der Waals surface area contributed by atoms with E-state index in [1.54, 1.807) is 0 Å². The van der Waals surface area contributed by atoms with Crippen LogP contribution in [0.25, 0.3) is 0 Å². The fourth-order valence-corrected chi connectivity index (χ4v) is 3.70. The van der Waals surface area contributed by atoms with Gasteiger partial charge in [0.2, 0.25) is 0 Å². The van der Waals surface area contributed by atoms with Crippen molar-refractivity contribution in [1.82, 2.24) is 10.2 Å². The highest BCUT2D eigenvalue weighted by atomic mass is 16.5. The zero-order valence-corrected chi connectivity index (χ0v) is 13.6. The highest BCUT2D eigenvalue weighted by Crippen LogP contribution is 2.46. The van der Waals surface area contributed by atoms with Gasteiger partial charge in [0.1, 0.15) is 0 Å². The number of hydrogen-bond acceptors (Lipinski definition) is 3. The van der Waals surface area contributed by atoms with Crippen LogP contribution in [-0.4, -0.2) is 49.8 Å². The summed E-state index contributed by atoms with van der Waals surface area (Å²) in [5.74, 6) is 0. The Kier molecular flexibility index (Phi) is 4.29. The van der Waals surface area contributed by atoms with Crippen molar-refractivity contribution in [1.29, 1.82) is 0 Å². The number of nitrogens with zero attached hydrogens (tertiary/aromatic N) is 1. The molecule has 2 aliphatic rings. The first-order chi connectivity index (χ1) is 8.76. The van der Waals surface area contributed by atoms with E-state index in [2.05, 4.69) is 44.8 Å². The minimum Gasteiger partial charge on any atom is -0.381 e. The maximum absolute atomic E-state index is 5.61. The Labute approximate surface area is 119 Å². The molecule has 2 rings (SSSR count). The molecule has 0 radical (unpaired) electrons. The molecule has 0 aromatic rings. The molecule has 2 fully saturated rings. The van der Waals surface area contributed by atoms with Crippen LogP contribution in [-0.2, 0) is 4.74 Å². The molecular formula is C16H32N2O. The van der Waals surface area contributed by atoms with Crippen molar-refractivity contribution in [3.63, 3.8) is 0 Å². The second-order valence-electron chi connectivity index (χ2n) is 8.02. The third kappa shape index (κ3) is 2.98. The van der Waals surface area contributed by atoms with Crippen molar-refractivity contribution in [3.05, 3.63) is 0 Å². The van der Waals surface area contributed by atoms with Crippen LogP contribution in [0.3, 0.4) is 0 Å². The zero-order chi connectivity index (χ0) is 14.3. The van der Waals surface area contributed by atoms with Crippen LogP contribution in [0, 0.1) is 10.8 Å². The van der Waals surface area contributed by atoms with Crippen LogP contribution in [0.15, 0.2) is 0 Å². The first kappa shape index (κ1) is 15.3. The molecular weight excluding hydrogens is 236 g/mol. The summed E-state index contributed by atoms with van der Waals surface area (Å²) in [5, 5.41) is 3.73. The zero-order valence-electron chi connectivity index (χ0n) is 13.6. The Bertz CT molecular complexity index is 308. The molecule has 1 N–H and O–H groups in total. The van der Waals surface area contributed by atoms with E-state index in [4.69, 9.17) is 4.74 Å². The Morgan fingerprint density at radius 1 is 1.26 bits per heavy atom. The molecule has 1 saturated heterocycles. The van der Waals surface area contributed by atoms with E-state index in [1.165, 1.54) is 25.9 Å². The number of hydrogen-bond donors (Lipinski definition) is 1. The van der Waals surface area contributed by atoms with Crippen molar-refractivity contribution in [2.45, 2.75) is 65.6 Å². The van der Waals surface area contributed by atoms with Gasteiger partial charge >= 0.3 is 0 Å². The van der Waals surface area contributed by atoms with Crippen molar-refractivity contribution >= 4 is 0 Å². The van der Waals surface area contributed by atoms with E-state index < -0.39 is 0 Å². The predicted octanol–water partition coefficient (Wildman–Crippen LogP) is 2.51. The average molecular weight is 268 g/mol. The first-order valence-electron chi connectivity index (χ1n) is 7.77. The Balaban J connectivity index is 2.04. The minimum absolute atomic E-state index is 0.293. The summed E-state index contributed by atoms with van der Waals surface area (Å²) in [6, 6.07) is 1.27. The van der Waals surface area contributed by atoms with E-state index in [0.717, 1.165) is 6.54 Å². The van der Waals surface area contributed by atoms with Gasteiger partial charge in [0, 0.05) is 31.2 Å². The van der Waals surface area contributed by atoms with Gasteiger partial charge in [-0.25, -0.2) is 0 Å². The Morgan fingerprint density at radius 2 is 1.95 bits per heavy atom. The molecule has 112 valence electrons. The summed E-state index contributed by atoms with van der Waals surface area (Å²) >= 11 is 0. The highest BCUT2D eigenvalue weighted by Gasteiger charge is 2.51. The van der Waals surface area contributed by atoms with Gasteiger partial charge in [-0.2, -0.15) is 0 Å². The summed E-state index contributed by atoms with van der Waals surface area (Å²) in [6.45, 7) is 15.3. The molecule has 3 atom stereocenters. The highest BCUT2D eigenvalue weighted by molar-refractivity contribution is 5.05. The summed E-state index contributed by atoms with van der Waals surface area (Å²) in [4.78, 5) is 2.71. The first-order valence-corrected chi connectivity index (χ1v) is 7.77. The minimum atomic E-state index is 0.293. The lowest BCUT2D eigenvalue weighted by atomic mass is 9.63. The van der Waals surface area contributed by atoms with E-state index >= 15 is 0 Å². The van der Waals surface area contributed by atoms with E-state index in [1.807, 2.05) is 7.11 Å². The van der Waals surface area contributed by atoms with Crippen molar-refractivity contribution in [2.24, 2.45) is 10.8 Å². The Hall–Kier alpha value is -0.120. The maximum atomic E-state index is 5.61. The molecule has 0 amide bonds. The number of nitrogens with one attached hydrogen (secondary N) is 1. The second kappa shape index (κ2) is 5.34. The molecule has 0 aromatic carbocycles. The lowest BCUT2D eigenvalue weighted by molar-refractivity contribution is -0.139. The van der Waals surface area contributed by atoms with Crippen LogP contribution in [0.2, 0.25) is 0 Å². The van der Waals surface area contributed by atoms with Crippen LogP contribution in [0.5, 0.6) is 0 Å². The number of methoxy groups -OCH3 is 1. The standard InChI is InChI=1S/C16H32N2O/c1-15(2,3)12-11-18(9-7-8-17-12)13-10-14(19-6)16(13,4)5/h12-14,17H,7-11H2,1-6H3. The molecule has 0 aromatic heterocycles. The van der Waals surface area contributed by atoms with Gasteiger partial charge in [0.15, 0.2) is 0 Å². The molecule has 3 nitrogen and oxygen atoms in total. The monoisotopic (exact) mass is 268 g/mol. The Morgan fingerprint density at radius 3 is 2.47 bits per heavy atom. The van der Waals surface area contributed by atoms with E-state index in [0.29, 0.717) is 29.0 Å². The maximum Gasteiger partial charge on any atom is 0.0652 e. The molecule has 1 aliphatic carbocycles. The number of rotatable bonds is 2. The molecule has 0 bridgehead atoms. The van der Waals surface area contributed by atoms with Crippen LogP contribution in [0.1, 0.15) is 47.5 Å². The smallest absolute Gasteiger partial charge is 0.0652 e. The van der Waals surface area contributed by atoms with Crippen LogP contribution < -0.4 is 5.32 Å². The lowest BCUT2D eigenvalue weighted by Gasteiger charge is -2.56. The van der Waals surface area contributed by atoms with Gasteiger partial charge in [-0.1, -0.05) is 34.6 Å². The van der Waals surface area contributed by atoms with E-state index in [9.17, 15) is 0 Å². The summed E-state index contributed by atoms with van der Waals surface area (Å²) < 4.78 is 5.61. The fraction of sp³-hybridized carbons (Fsp3) is 1.00. The van der Waals surface area contributed by atoms with E-state index in [-0.39, 0.29) is 0 Å². The normalized spacial score (nSPS) is 36.6. The molecule has 3 unspecified atom stereocenters. The van der Waals surface area contributed by atoms with Crippen molar-refractivity contribution < 1.29 is 4.74 Å². The molecule has 1 aliphatic heterocycles. The molecule has 1 saturated carbocycles. The average Bonchev–Trinajstić information content (AvgIpc) is 2.53. The second-order valence-corrected chi connectivity index (χ2v) is 8.02. The van der Waals surface area contributed by atoms with Crippen LogP contribution in [0.4, 0.5) is 0 Å². The van der Waals surface area contributed by atoms with Gasteiger partial charge in [0.05, 0.1) is 6.10 Å². The summed E-state index contributed by atoms with van der Waals surface area (Å²) in [7, 11) is 1.85. The molecule has 19 heavy (non-hydrogen) atoms. The lowest BCUT2D eigenvalue weighted by Crippen LogP contribution is -2.63. The topological polar surface area (TPSA) is 24.5 Å². The van der Waals surface area contributed by atoms with Gasteiger partial charge < -0.3 is 10.1 Å². The van der Waals surface area contributed by atoms with Gasteiger partial charge in [0.25, 0.3) is 0 Å². The van der Waals surface area contributed by atoms with Crippen LogP contribution >= 0.6 is 0 Å². The molecule has 0 spiro atoms. The SMILES string of the molecule is COC1CC(N2CCCNC(C(C)(C)C)C2)C1(C)C. The summed E-state index contributed by atoms with van der Waals surface area (Å²) in [5.41, 5.74) is 0.624. The molecule has 3 heteroatoms. The third-order valence-corrected chi connectivity index (χ3v) is 5.33.